The van der Waals surface area contributed by atoms with Crippen molar-refractivity contribution >= 4 is 68.0 Å². The van der Waals surface area contributed by atoms with Gasteiger partial charge in [-0.1, -0.05) is 65.8 Å². The molecule has 58 heavy (non-hydrogen) atoms. The number of amides is 1. The smallest absolute Gasteiger partial charge is 0.395 e. The Morgan fingerprint density at radius 1 is 0.810 bits per heavy atom. The summed E-state index contributed by atoms with van der Waals surface area (Å²) in [5.41, 5.74) is 5.01. The maximum absolute atomic E-state index is 13.3. The first kappa shape index (κ1) is 40.8. The van der Waals surface area contributed by atoms with Crippen LogP contribution in [0.1, 0.15) is 34.2 Å². The van der Waals surface area contributed by atoms with Crippen LogP contribution >= 0.6 is 34.9 Å². The van der Waals surface area contributed by atoms with Crippen molar-refractivity contribution in [3.63, 3.8) is 0 Å². The maximum atomic E-state index is 13.3. The van der Waals surface area contributed by atoms with Crippen molar-refractivity contribution in [2.75, 3.05) is 88.8 Å². The summed E-state index contributed by atoms with van der Waals surface area (Å²) in [5, 5.41) is 13.9. The van der Waals surface area contributed by atoms with Crippen LogP contribution in [0.4, 0.5) is 24.7 Å². The molecule has 0 saturated carbocycles. The van der Waals surface area contributed by atoms with Crippen LogP contribution in [0.15, 0.2) is 94.7 Å². The molecule has 2 N–H and O–H groups in total. The molecule has 8 nitrogen and oxygen atoms in total. The van der Waals surface area contributed by atoms with E-state index in [1.54, 1.807) is 17.6 Å². The van der Waals surface area contributed by atoms with E-state index in [-0.39, 0.29) is 12.5 Å². The van der Waals surface area contributed by atoms with Gasteiger partial charge in [0.25, 0.3) is 0 Å². The van der Waals surface area contributed by atoms with Gasteiger partial charge in [0, 0.05) is 97.9 Å². The molecule has 0 aliphatic carbocycles. The third-order valence-corrected chi connectivity index (χ3v) is 13.6. The van der Waals surface area contributed by atoms with Crippen molar-refractivity contribution in [2.24, 2.45) is 0 Å². The van der Waals surface area contributed by atoms with Gasteiger partial charge in [-0.3, -0.25) is 14.6 Å². The Balaban J connectivity index is 0.000000162. The summed E-state index contributed by atoms with van der Waals surface area (Å²) in [4.78, 5) is 23.0. The van der Waals surface area contributed by atoms with E-state index in [4.69, 9.17) is 16.7 Å². The maximum Gasteiger partial charge on any atom is 0.416 e. The Bertz CT molecular complexity index is 2290. The Kier molecular flexibility index (Phi) is 12.8. The summed E-state index contributed by atoms with van der Waals surface area (Å²) >= 11 is 9.54. The van der Waals surface area contributed by atoms with E-state index in [1.807, 2.05) is 30.3 Å². The van der Waals surface area contributed by atoms with Crippen molar-refractivity contribution < 1.29 is 23.1 Å². The summed E-state index contributed by atoms with van der Waals surface area (Å²) in [6.07, 6.45) is -0.114. The number of nitrogens with one attached hydrogen (secondary N) is 1. The lowest BCUT2D eigenvalue weighted by atomic mass is 9.94. The highest BCUT2D eigenvalue weighted by Gasteiger charge is 2.33. The second-order valence-corrected chi connectivity index (χ2v) is 17.3. The lowest BCUT2D eigenvalue weighted by Crippen LogP contribution is -2.47. The van der Waals surface area contributed by atoms with Crippen molar-refractivity contribution in [3.05, 3.63) is 118 Å². The van der Waals surface area contributed by atoms with Gasteiger partial charge in [-0.2, -0.15) is 17.5 Å². The predicted octanol–water partition coefficient (Wildman–Crippen LogP) is 8.41. The van der Waals surface area contributed by atoms with Crippen molar-refractivity contribution in [1.29, 1.82) is 0 Å². The van der Waals surface area contributed by atoms with E-state index in [0.717, 1.165) is 127 Å². The lowest BCUT2D eigenvalue weighted by molar-refractivity contribution is -0.137. The molecule has 0 bridgehead atoms. The first-order valence-corrected chi connectivity index (χ1v) is 21.8. The number of aromatic nitrogens is 1. The van der Waals surface area contributed by atoms with E-state index in [9.17, 15) is 18.0 Å². The zero-order valence-corrected chi connectivity index (χ0v) is 34.5. The van der Waals surface area contributed by atoms with Gasteiger partial charge >= 0.3 is 6.18 Å². The summed E-state index contributed by atoms with van der Waals surface area (Å²) in [7, 11) is 0. The molecule has 4 aliphatic rings. The number of anilines is 2. The Morgan fingerprint density at radius 3 is 2.28 bits per heavy atom. The molecule has 9 rings (SSSR count). The number of benzene rings is 4. The van der Waals surface area contributed by atoms with Gasteiger partial charge in [0.15, 0.2) is 0 Å². The number of aliphatic hydroxyl groups is 1. The topological polar surface area (TPSA) is 75.2 Å². The summed E-state index contributed by atoms with van der Waals surface area (Å²) < 4.78 is 45.9. The number of aliphatic hydroxyl groups excluding tert-OH is 1. The zero-order valence-electron chi connectivity index (χ0n) is 32.1. The molecule has 0 radical (unpaired) electrons. The van der Waals surface area contributed by atoms with Crippen molar-refractivity contribution in [1.82, 2.24) is 19.1 Å². The van der Waals surface area contributed by atoms with Crippen molar-refractivity contribution in [2.45, 2.75) is 35.2 Å². The number of nitrogens with zero attached hydrogens (tertiary/aromatic N) is 5. The second kappa shape index (κ2) is 18.1. The largest absolute Gasteiger partial charge is 0.416 e. The van der Waals surface area contributed by atoms with E-state index < -0.39 is 11.7 Å². The van der Waals surface area contributed by atoms with Crippen LogP contribution in [0.5, 0.6) is 0 Å². The molecule has 0 atom stereocenters. The molecule has 304 valence electrons. The van der Waals surface area contributed by atoms with Gasteiger partial charge in [0.05, 0.1) is 23.3 Å². The number of hydrogen-bond donors (Lipinski definition) is 2. The monoisotopic (exact) mass is 846 g/mol. The summed E-state index contributed by atoms with van der Waals surface area (Å²) in [6, 6.07) is 24.4. The first-order chi connectivity index (χ1) is 28.1. The minimum atomic E-state index is -4.35. The van der Waals surface area contributed by atoms with Crippen LogP contribution in [0.2, 0.25) is 5.02 Å². The molecule has 0 unspecified atom stereocenters. The standard InChI is InChI=1S/C23H25F3N2OS.C21H21ClN4OS/c24-23(25,26)17-7-8-22-20(16-17)18(19-4-1-2-6-21(19)30-22)5-3-9-27-10-12-28(13-11-27)14-15-29;22-17-13-18-15(12-20(27)23-18)11-14(17)5-6-25-7-9-26(10-8-25)21-16-3-1-2-4-19(16)28-24-21/h1-2,4-8,16,29H,3,9-15H2;1-4,11,13H,5-10,12H2,(H,23,27)/b18-5-;. The molecule has 2 saturated heterocycles. The first-order valence-electron chi connectivity index (χ1n) is 19.8. The fourth-order valence-electron chi connectivity index (χ4n) is 8.09. The Labute approximate surface area is 350 Å². The van der Waals surface area contributed by atoms with Crippen LogP contribution in [0, 0.1) is 0 Å². The number of carbonyl (C=O) groups is 1. The molecule has 1 aromatic heterocycles. The minimum Gasteiger partial charge on any atom is -0.395 e. The zero-order chi connectivity index (χ0) is 40.2. The van der Waals surface area contributed by atoms with Crippen molar-refractivity contribution in [3.8, 4) is 0 Å². The Hall–Kier alpha value is -3.95. The third-order valence-electron chi connectivity index (χ3n) is 11.3. The summed E-state index contributed by atoms with van der Waals surface area (Å²) in [5.74, 6) is 1.17. The fourth-order valence-corrected chi connectivity index (χ4v) is 10.2. The van der Waals surface area contributed by atoms with Gasteiger partial charge in [0.2, 0.25) is 5.91 Å². The normalized spacial score (nSPS) is 18.1. The van der Waals surface area contributed by atoms with Gasteiger partial charge in [-0.25, -0.2) is 0 Å². The van der Waals surface area contributed by atoms with Crippen LogP contribution in [-0.4, -0.2) is 109 Å². The predicted molar refractivity (Wildman–Crippen MR) is 229 cm³/mol. The molecule has 1 amide bonds. The number of halogens is 4. The van der Waals surface area contributed by atoms with E-state index in [2.05, 4.69) is 65.7 Å². The van der Waals surface area contributed by atoms with Gasteiger partial charge in [-0.15, -0.1) is 0 Å². The van der Waals surface area contributed by atoms with Gasteiger partial charge < -0.3 is 20.2 Å². The van der Waals surface area contributed by atoms with E-state index in [1.165, 1.54) is 34.0 Å². The number of piperazine rings is 2. The number of fused-ring (bicyclic) bond motifs is 4. The number of hydrogen-bond acceptors (Lipinski definition) is 9. The van der Waals surface area contributed by atoms with Gasteiger partial charge in [-0.05, 0) is 94.7 Å². The third kappa shape index (κ3) is 9.41. The summed E-state index contributed by atoms with van der Waals surface area (Å²) in [6.45, 7) is 10.5. The molecule has 4 aliphatic heterocycles. The molecule has 14 heteroatoms. The molecule has 2 fully saturated rings. The lowest BCUT2D eigenvalue weighted by Gasteiger charge is -2.35. The number of carbonyl (C=O) groups excluding carboxylic acids is 1. The average Bonchev–Trinajstić information content (AvgIpc) is 3.82. The second-order valence-electron chi connectivity index (χ2n) is 15.0. The fraction of sp³-hybridized carbons (Fsp3) is 0.364. The number of alkyl halides is 3. The SMILES string of the molecule is O=C1Cc2cc(CCN3CCN(c4nsc5ccccc45)CC3)c(Cl)cc2N1.OCCN1CCN(CC/C=C2/c3ccccc3Sc3ccc(C(F)(F)F)cc32)CC1. The highest BCUT2D eigenvalue weighted by Crippen LogP contribution is 2.47. The molecule has 0 spiro atoms. The van der Waals surface area contributed by atoms with Crippen LogP contribution < -0.4 is 10.2 Å². The van der Waals surface area contributed by atoms with E-state index >= 15 is 0 Å². The highest BCUT2D eigenvalue weighted by molar-refractivity contribution is 7.99. The van der Waals surface area contributed by atoms with Crippen LogP contribution in [0.25, 0.3) is 15.7 Å². The van der Waals surface area contributed by atoms with Crippen LogP contribution in [-0.2, 0) is 23.8 Å². The molecule has 5 heterocycles. The number of β-amino-alcohol motifs (C(OH)–C–C–N with tert-alkyl or cyclic N) is 1. The van der Waals surface area contributed by atoms with E-state index in [0.29, 0.717) is 18.5 Å². The highest BCUT2D eigenvalue weighted by atomic mass is 35.5. The molecule has 5 aromatic rings. The minimum absolute atomic E-state index is 0.0499. The quantitative estimate of drug-likeness (QED) is 0.150. The van der Waals surface area contributed by atoms with Crippen LogP contribution in [0.3, 0.4) is 0 Å². The average molecular weight is 847 g/mol. The molecular weight excluding hydrogens is 801 g/mol. The molecular formula is C44H46ClF3N6O2S2. The number of rotatable bonds is 9. The Morgan fingerprint density at radius 2 is 1.50 bits per heavy atom. The molecule has 4 aromatic carbocycles. The van der Waals surface area contributed by atoms with Gasteiger partial charge in [0.1, 0.15) is 5.82 Å².